The van der Waals surface area contributed by atoms with E-state index in [4.69, 9.17) is 20.0 Å². The van der Waals surface area contributed by atoms with Crippen molar-refractivity contribution in [2.45, 2.75) is 95.9 Å². The number of hydrogen-bond acceptors (Lipinski definition) is 4. The molecule has 0 saturated carbocycles. The predicted molar refractivity (Wildman–Crippen MR) is 217 cm³/mol. The lowest BCUT2D eigenvalue weighted by molar-refractivity contribution is -0.790. The highest BCUT2D eigenvalue weighted by atomic mass is 15.7. The lowest BCUT2D eigenvalue weighted by Crippen LogP contribution is -2.71. The van der Waals surface area contributed by atoms with Crippen LogP contribution in [0.2, 0.25) is 0 Å². The van der Waals surface area contributed by atoms with Crippen LogP contribution in [0.25, 0.3) is 21.5 Å². The molecule has 0 saturated heterocycles. The summed E-state index contributed by atoms with van der Waals surface area (Å²) in [6.45, 7) is 28.6. The normalized spacial score (nSPS) is 18.5. The summed E-state index contributed by atoms with van der Waals surface area (Å²) in [5.74, 6) is 4.66. The zero-order valence-corrected chi connectivity index (χ0v) is 33.5. The fourth-order valence-corrected chi connectivity index (χ4v) is 10.6. The average molecular weight is 709 g/mol. The van der Waals surface area contributed by atoms with Gasteiger partial charge in [0.2, 0.25) is 22.6 Å². The van der Waals surface area contributed by atoms with Crippen molar-refractivity contribution < 1.29 is 9.15 Å². The third kappa shape index (κ3) is 3.08. The summed E-state index contributed by atoms with van der Waals surface area (Å²) >= 11 is 0. The quantitative estimate of drug-likeness (QED) is 0.143. The molecule has 6 aliphatic heterocycles. The second-order valence-electron chi connectivity index (χ2n) is 16.1. The number of aliphatic imine (C=N–C) groups is 2. The van der Waals surface area contributed by atoms with Gasteiger partial charge in [0.25, 0.3) is 23.3 Å². The molecule has 8 heterocycles. The standard InChI is InChI=1S/C44H38N8.C2H6/c1-17-12-13-18(2)29-28(17)36-45-38-31-23(7)15-20(4)26(10)34(31)42-48-43-35-27(11)21(5)16-24(8)32(35)40-46-39-30-22(6)14-19(3)25(9)33(30)41-47-37(29)49(36)44(50(39)41,51(38)42)52(40)43;1-2/h12-16H,1-11H3;1-2H3/q+2;/t44-;/m1./s1. The zero-order valence-electron chi connectivity index (χ0n) is 33.5. The molecule has 2 aromatic heterocycles. The lowest BCUT2D eigenvalue weighted by Gasteiger charge is -2.40. The molecule has 0 unspecified atom stereocenters. The van der Waals surface area contributed by atoms with Crippen molar-refractivity contribution in [3.8, 4) is 0 Å². The summed E-state index contributed by atoms with van der Waals surface area (Å²) in [6, 6.07) is 11.4. The Morgan fingerprint density at radius 2 is 0.889 bits per heavy atom. The maximum absolute atomic E-state index is 5.79. The molecule has 54 heavy (non-hydrogen) atoms. The van der Waals surface area contributed by atoms with Gasteiger partial charge in [0, 0.05) is 0 Å². The maximum atomic E-state index is 5.79. The van der Waals surface area contributed by atoms with E-state index in [0.717, 1.165) is 73.2 Å². The van der Waals surface area contributed by atoms with Crippen molar-refractivity contribution in [2.75, 3.05) is 0 Å². The summed E-state index contributed by atoms with van der Waals surface area (Å²) in [4.78, 5) is 23.1. The van der Waals surface area contributed by atoms with Gasteiger partial charge in [-0.3, -0.25) is 0 Å². The van der Waals surface area contributed by atoms with Crippen LogP contribution in [0.1, 0.15) is 97.3 Å². The van der Waals surface area contributed by atoms with E-state index < -0.39 is 5.91 Å². The van der Waals surface area contributed by atoms with E-state index in [1.165, 1.54) is 77.7 Å². The highest BCUT2D eigenvalue weighted by Crippen LogP contribution is 2.55. The Kier molecular flexibility index (Phi) is 5.68. The highest BCUT2D eigenvalue weighted by Gasteiger charge is 2.70. The molecule has 0 radical (unpaired) electrons. The van der Waals surface area contributed by atoms with Gasteiger partial charge in [0.05, 0.1) is 43.8 Å². The van der Waals surface area contributed by atoms with Gasteiger partial charge in [-0.1, -0.05) is 64.1 Å². The Balaban J connectivity index is 0.00000168. The first kappa shape index (κ1) is 31.7. The van der Waals surface area contributed by atoms with E-state index in [0.29, 0.717) is 0 Å². The van der Waals surface area contributed by atoms with Crippen LogP contribution >= 0.6 is 0 Å². The summed E-state index contributed by atoms with van der Waals surface area (Å²) in [5, 5.41) is 4.65. The van der Waals surface area contributed by atoms with Crippen LogP contribution in [0.15, 0.2) is 50.3 Å². The molecule has 0 amide bonds. The second-order valence-corrected chi connectivity index (χ2v) is 16.1. The molecule has 8 nitrogen and oxygen atoms in total. The summed E-state index contributed by atoms with van der Waals surface area (Å²) < 4.78 is 9.81. The van der Waals surface area contributed by atoms with Crippen LogP contribution < -0.4 is 11.0 Å². The van der Waals surface area contributed by atoms with E-state index in [1.807, 2.05) is 13.8 Å². The van der Waals surface area contributed by atoms with E-state index in [9.17, 15) is 0 Å². The lowest BCUT2D eigenvalue weighted by atomic mass is 9.93. The monoisotopic (exact) mass is 708 g/mol. The second kappa shape index (κ2) is 9.66. The first-order chi connectivity index (χ1) is 25.9. The van der Waals surface area contributed by atoms with Crippen molar-refractivity contribution in [1.82, 2.24) is 9.13 Å². The number of nitrogens with zero attached hydrogens (tertiary/aromatic N) is 8. The van der Waals surface area contributed by atoms with Crippen molar-refractivity contribution in [3.05, 3.63) is 125 Å². The minimum Gasteiger partial charge on any atom is -0.192 e. The van der Waals surface area contributed by atoms with Crippen LogP contribution in [-0.4, -0.2) is 41.6 Å². The van der Waals surface area contributed by atoms with E-state index in [-0.39, 0.29) is 0 Å². The van der Waals surface area contributed by atoms with E-state index in [1.54, 1.807) is 0 Å². The van der Waals surface area contributed by atoms with Gasteiger partial charge in [-0.05, 0) is 137 Å². The van der Waals surface area contributed by atoms with Gasteiger partial charge in [0.1, 0.15) is 0 Å². The van der Waals surface area contributed by atoms with Crippen molar-refractivity contribution in [3.63, 3.8) is 0 Å². The van der Waals surface area contributed by atoms with Crippen LogP contribution in [0.5, 0.6) is 0 Å². The van der Waals surface area contributed by atoms with Gasteiger partial charge in [0.15, 0.2) is 0 Å². The zero-order chi connectivity index (χ0) is 37.8. The van der Waals surface area contributed by atoms with E-state index in [2.05, 4.69) is 125 Å². The van der Waals surface area contributed by atoms with Crippen LogP contribution in [0.3, 0.4) is 0 Å². The molecule has 0 fully saturated rings. The molecule has 4 aromatic carbocycles. The highest BCUT2D eigenvalue weighted by molar-refractivity contribution is 6.22. The summed E-state index contributed by atoms with van der Waals surface area (Å²) in [6.07, 6.45) is 0. The molecular weight excluding hydrogens is 665 g/mol. The maximum Gasteiger partial charge on any atom is 0.404 e. The minimum atomic E-state index is -1.00. The Hall–Kier alpha value is -5.76. The molecule has 0 aliphatic carbocycles. The largest absolute Gasteiger partial charge is 0.404 e. The molecule has 0 bridgehead atoms. The van der Waals surface area contributed by atoms with Gasteiger partial charge in [-0.25, -0.2) is 0 Å². The molecule has 1 atom stereocenters. The minimum absolute atomic E-state index is 0.938. The molecule has 8 heteroatoms. The molecule has 6 aromatic rings. The number of rotatable bonds is 0. The molecular formula is C46H44N8+2. The number of aromatic nitrogens is 2. The van der Waals surface area contributed by atoms with Crippen LogP contribution in [0, 0.1) is 76.2 Å². The van der Waals surface area contributed by atoms with Crippen molar-refractivity contribution >= 4 is 56.5 Å². The third-order valence-electron chi connectivity index (χ3n) is 13.3. The van der Waals surface area contributed by atoms with Crippen molar-refractivity contribution in [2.24, 2.45) is 20.0 Å². The fourth-order valence-electron chi connectivity index (χ4n) is 10.6. The van der Waals surface area contributed by atoms with Gasteiger partial charge < -0.3 is 0 Å². The predicted octanol–water partition coefficient (Wildman–Crippen LogP) is 8.13. The van der Waals surface area contributed by atoms with Crippen LogP contribution in [-0.2, 0) is 5.91 Å². The Morgan fingerprint density at radius 3 is 1.48 bits per heavy atom. The molecule has 1 spiro atoms. The molecule has 6 aliphatic rings. The average Bonchev–Trinajstić information content (AvgIpc) is 3.87. The Labute approximate surface area is 314 Å². The number of amidine groups is 4. The van der Waals surface area contributed by atoms with Crippen molar-refractivity contribution in [1.29, 1.82) is 0 Å². The third-order valence-corrected chi connectivity index (χ3v) is 13.3. The Bertz CT molecular complexity index is 3220. The number of fused-ring (bicyclic) bond motifs is 12. The molecule has 0 N–H and O–H groups in total. The fraction of sp³-hybridized carbons (Fsp3) is 0.304. The number of aryl methyl sites for hydroxylation is 9. The van der Waals surface area contributed by atoms with Gasteiger partial charge in [-0.2, -0.15) is 9.13 Å². The first-order valence-electron chi connectivity index (χ1n) is 19.4. The van der Waals surface area contributed by atoms with Crippen LogP contribution in [0.4, 0.5) is 11.6 Å². The number of hydrogen-bond donors (Lipinski definition) is 0. The first-order valence-corrected chi connectivity index (χ1v) is 19.4. The smallest absolute Gasteiger partial charge is 0.192 e. The number of benzene rings is 4. The topological polar surface area (TPSA) is 65.3 Å². The van der Waals surface area contributed by atoms with Gasteiger partial charge >= 0.3 is 5.91 Å². The molecule has 266 valence electrons. The summed E-state index contributed by atoms with van der Waals surface area (Å²) in [7, 11) is 0. The SMILES string of the molecule is CC.Cc1cc(C)c2c(c1C)C1=Nc3c4c(C)c(C)cc(C)c4c4n3[C@]35n6c(c7c(C)ccc(C)c7c6=NC6=[N+]3C(=N4)c3c(C)cc(C)c(C)c36)=NC2=[N+]15. The Morgan fingerprint density at radius 1 is 0.426 bits per heavy atom. The van der Waals surface area contributed by atoms with Gasteiger partial charge in [-0.15, -0.1) is 9.15 Å². The van der Waals surface area contributed by atoms with E-state index >= 15 is 0 Å². The summed E-state index contributed by atoms with van der Waals surface area (Å²) in [5.41, 5.74) is 20.1. The molecule has 12 rings (SSSR count).